The zero-order valence-electron chi connectivity index (χ0n) is 10.2. The quantitative estimate of drug-likeness (QED) is 0.755. The van der Waals surface area contributed by atoms with Crippen molar-refractivity contribution >= 4 is 0 Å². The molecule has 0 saturated heterocycles. The van der Waals surface area contributed by atoms with Crippen LogP contribution >= 0.6 is 0 Å². The van der Waals surface area contributed by atoms with Crippen molar-refractivity contribution < 1.29 is 0 Å². The van der Waals surface area contributed by atoms with Gasteiger partial charge in [-0.1, -0.05) is 27.7 Å². The monoisotopic (exact) mass is 209 g/mol. The predicted octanol–water partition coefficient (Wildman–Crippen LogP) is 2.43. The maximum absolute atomic E-state index is 3.93. The highest BCUT2D eigenvalue weighted by Gasteiger charge is 2.16. The van der Waals surface area contributed by atoms with E-state index in [1.807, 2.05) is 6.07 Å². The van der Waals surface area contributed by atoms with E-state index < -0.39 is 0 Å². The number of hydrogen-bond acceptors (Lipinski definition) is 2. The highest BCUT2D eigenvalue weighted by Crippen LogP contribution is 2.19. The first-order chi connectivity index (χ1) is 7.11. The first-order valence-corrected chi connectivity index (χ1v) is 5.80. The van der Waals surface area contributed by atoms with E-state index in [9.17, 15) is 0 Å². The molecule has 0 saturated carbocycles. The second-order valence-electron chi connectivity index (χ2n) is 4.86. The zero-order valence-corrected chi connectivity index (χ0v) is 10.2. The van der Waals surface area contributed by atoms with E-state index in [1.54, 1.807) is 6.20 Å². The topological polar surface area (TPSA) is 40.7 Å². The van der Waals surface area contributed by atoms with Crippen LogP contribution in [0.25, 0.3) is 0 Å². The second kappa shape index (κ2) is 5.91. The van der Waals surface area contributed by atoms with E-state index in [1.165, 1.54) is 0 Å². The van der Waals surface area contributed by atoms with Gasteiger partial charge in [0.25, 0.3) is 0 Å². The highest BCUT2D eigenvalue weighted by molar-refractivity contribution is 4.96. The van der Waals surface area contributed by atoms with Crippen molar-refractivity contribution in [2.24, 2.45) is 17.8 Å². The van der Waals surface area contributed by atoms with Gasteiger partial charge in [-0.15, -0.1) is 0 Å². The smallest absolute Gasteiger partial charge is 0.0490 e. The number of aromatic amines is 1. The molecule has 0 amide bonds. The fraction of sp³-hybridized carbons (Fsp3) is 0.750. The first kappa shape index (κ1) is 12.2. The van der Waals surface area contributed by atoms with Crippen molar-refractivity contribution in [2.45, 2.75) is 34.2 Å². The fourth-order valence-electron chi connectivity index (χ4n) is 2.00. The van der Waals surface area contributed by atoms with Gasteiger partial charge in [-0.2, -0.15) is 5.10 Å². The molecule has 0 fully saturated rings. The molecular weight excluding hydrogens is 186 g/mol. The maximum Gasteiger partial charge on any atom is 0.0490 e. The molecular formula is C12H23N3. The Hall–Kier alpha value is -0.830. The molecule has 15 heavy (non-hydrogen) atoms. The lowest BCUT2D eigenvalue weighted by Gasteiger charge is -2.25. The van der Waals surface area contributed by atoms with Gasteiger partial charge in [0.05, 0.1) is 0 Å². The van der Waals surface area contributed by atoms with Gasteiger partial charge in [0.1, 0.15) is 0 Å². The number of aromatic nitrogens is 2. The molecule has 0 spiro atoms. The number of nitrogens with zero attached hydrogens (tertiary/aromatic N) is 1. The van der Waals surface area contributed by atoms with Crippen LogP contribution in [0.2, 0.25) is 0 Å². The molecule has 1 aromatic heterocycles. The second-order valence-corrected chi connectivity index (χ2v) is 4.86. The minimum Gasteiger partial charge on any atom is -0.311 e. The van der Waals surface area contributed by atoms with Gasteiger partial charge >= 0.3 is 0 Å². The van der Waals surface area contributed by atoms with E-state index in [4.69, 9.17) is 0 Å². The highest BCUT2D eigenvalue weighted by atomic mass is 15.1. The van der Waals surface area contributed by atoms with E-state index >= 15 is 0 Å². The Bertz CT molecular complexity index is 244. The summed E-state index contributed by atoms with van der Waals surface area (Å²) in [5, 5.41) is 10.4. The fourth-order valence-corrected chi connectivity index (χ4v) is 2.00. The molecule has 86 valence electrons. The molecule has 0 unspecified atom stereocenters. The summed E-state index contributed by atoms with van der Waals surface area (Å²) in [6.45, 7) is 11.1. The van der Waals surface area contributed by atoms with Crippen LogP contribution in [0.3, 0.4) is 0 Å². The third-order valence-corrected chi connectivity index (χ3v) is 2.97. The SMILES string of the molecule is CC(C)C(CNCc1ccn[nH]1)C(C)C. The van der Waals surface area contributed by atoms with Crippen LogP contribution in [0, 0.1) is 17.8 Å². The summed E-state index contributed by atoms with van der Waals surface area (Å²) in [4.78, 5) is 0. The van der Waals surface area contributed by atoms with Gasteiger partial charge < -0.3 is 5.32 Å². The lowest BCUT2D eigenvalue weighted by atomic mass is 9.85. The molecule has 2 N–H and O–H groups in total. The molecule has 0 aliphatic carbocycles. The average Bonchev–Trinajstić information content (AvgIpc) is 2.63. The molecule has 1 heterocycles. The van der Waals surface area contributed by atoms with Crippen LogP contribution in [-0.2, 0) is 6.54 Å². The minimum atomic E-state index is 0.735. The van der Waals surface area contributed by atoms with Gasteiger partial charge in [0, 0.05) is 18.4 Å². The summed E-state index contributed by atoms with van der Waals surface area (Å²) in [5.74, 6) is 2.21. The van der Waals surface area contributed by atoms with E-state index in [0.29, 0.717) is 0 Å². The molecule has 0 aliphatic rings. The van der Waals surface area contributed by atoms with Crippen molar-refractivity contribution in [1.82, 2.24) is 15.5 Å². The van der Waals surface area contributed by atoms with Crippen molar-refractivity contribution in [3.05, 3.63) is 18.0 Å². The summed E-state index contributed by atoms with van der Waals surface area (Å²) in [7, 11) is 0. The summed E-state index contributed by atoms with van der Waals surface area (Å²) < 4.78 is 0. The van der Waals surface area contributed by atoms with Crippen LogP contribution in [0.5, 0.6) is 0 Å². The summed E-state index contributed by atoms with van der Waals surface area (Å²) >= 11 is 0. The molecule has 1 rings (SSSR count). The Kier molecular flexibility index (Phi) is 4.82. The zero-order chi connectivity index (χ0) is 11.3. The van der Waals surface area contributed by atoms with E-state index in [0.717, 1.165) is 36.5 Å². The Morgan fingerprint density at radius 3 is 2.40 bits per heavy atom. The Morgan fingerprint density at radius 2 is 1.93 bits per heavy atom. The summed E-state index contributed by atoms with van der Waals surface area (Å²) in [6, 6.07) is 2.01. The summed E-state index contributed by atoms with van der Waals surface area (Å²) in [5.41, 5.74) is 1.15. The Labute approximate surface area is 92.7 Å². The Balaban J connectivity index is 2.28. The van der Waals surface area contributed by atoms with Crippen LogP contribution in [-0.4, -0.2) is 16.7 Å². The lowest BCUT2D eigenvalue weighted by Crippen LogP contribution is -2.29. The molecule has 0 atom stereocenters. The van der Waals surface area contributed by atoms with Crippen molar-refractivity contribution in [2.75, 3.05) is 6.54 Å². The molecule has 0 aromatic carbocycles. The third-order valence-electron chi connectivity index (χ3n) is 2.97. The summed E-state index contributed by atoms with van der Waals surface area (Å²) in [6.07, 6.45) is 1.79. The van der Waals surface area contributed by atoms with Gasteiger partial charge in [-0.3, -0.25) is 5.10 Å². The lowest BCUT2D eigenvalue weighted by molar-refractivity contribution is 0.275. The average molecular weight is 209 g/mol. The maximum atomic E-state index is 3.93. The van der Waals surface area contributed by atoms with Gasteiger partial charge in [0.2, 0.25) is 0 Å². The molecule has 0 radical (unpaired) electrons. The Morgan fingerprint density at radius 1 is 1.27 bits per heavy atom. The number of nitrogens with one attached hydrogen (secondary N) is 2. The van der Waals surface area contributed by atoms with Gasteiger partial charge in [0.15, 0.2) is 0 Å². The van der Waals surface area contributed by atoms with E-state index in [2.05, 4.69) is 43.2 Å². The largest absolute Gasteiger partial charge is 0.311 e. The van der Waals surface area contributed by atoms with Crippen LogP contribution in [0.15, 0.2) is 12.3 Å². The molecule has 0 aliphatic heterocycles. The normalized spacial score (nSPS) is 11.9. The van der Waals surface area contributed by atoms with Crippen LogP contribution in [0.4, 0.5) is 0 Å². The van der Waals surface area contributed by atoms with Gasteiger partial charge in [-0.25, -0.2) is 0 Å². The van der Waals surface area contributed by atoms with Crippen molar-refractivity contribution in [3.63, 3.8) is 0 Å². The van der Waals surface area contributed by atoms with Crippen molar-refractivity contribution in [3.8, 4) is 0 Å². The molecule has 3 heteroatoms. The standard InChI is InChI=1S/C12H23N3/c1-9(2)12(10(3)4)8-13-7-11-5-6-14-15-11/h5-6,9-10,12-13H,7-8H2,1-4H3,(H,14,15). The third kappa shape index (κ3) is 4.04. The number of hydrogen-bond donors (Lipinski definition) is 2. The molecule has 1 aromatic rings. The minimum absolute atomic E-state index is 0.735. The number of H-pyrrole nitrogens is 1. The van der Waals surface area contributed by atoms with Gasteiger partial charge in [-0.05, 0) is 30.4 Å². The molecule has 0 bridgehead atoms. The number of rotatable bonds is 6. The van der Waals surface area contributed by atoms with E-state index in [-0.39, 0.29) is 0 Å². The van der Waals surface area contributed by atoms with Crippen LogP contribution in [0.1, 0.15) is 33.4 Å². The van der Waals surface area contributed by atoms with Crippen molar-refractivity contribution in [1.29, 1.82) is 0 Å². The molecule has 3 nitrogen and oxygen atoms in total. The first-order valence-electron chi connectivity index (χ1n) is 5.80. The van der Waals surface area contributed by atoms with Crippen LogP contribution < -0.4 is 5.32 Å². The predicted molar refractivity (Wildman–Crippen MR) is 63.5 cm³/mol.